The highest BCUT2D eigenvalue weighted by Crippen LogP contribution is 2.29. The van der Waals surface area contributed by atoms with Crippen LogP contribution in [0.5, 0.6) is 0 Å². The molecule has 0 heterocycles. The van der Waals surface area contributed by atoms with Gasteiger partial charge in [-0.3, -0.25) is 0 Å². The molecule has 0 radical (unpaired) electrons. The summed E-state index contributed by atoms with van der Waals surface area (Å²) in [7, 11) is 0. The Hall–Kier alpha value is -0.410. The lowest BCUT2D eigenvalue weighted by Gasteiger charge is -2.20. The van der Waals surface area contributed by atoms with E-state index in [0.717, 1.165) is 37.8 Å². The third kappa shape index (κ3) is 4.40. The zero-order chi connectivity index (χ0) is 12.7. The molecule has 1 unspecified atom stereocenters. The van der Waals surface area contributed by atoms with Gasteiger partial charge in [0.1, 0.15) is 5.82 Å². The van der Waals surface area contributed by atoms with Crippen molar-refractivity contribution in [1.82, 2.24) is 5.32 Å². The Balaban J connectivity index is 2.83. The Kier molecular flexibility index (Phi) is 6.75. The highest BCUT2D eigenvalue weighted by Gasteiger charge is 2.15. The standard InChI is InChI=1S/C14H21BrFN/c1-3-5-9-13(17-10-4-2)11-7-6-8-12(16)14(11)15/h6-8,13,17H,3-5,9-10H2,1-2H3. The predicted molar refractivity (Wildman–Crippen MR) is 74.7 cm³/mol. The monoisotopic (exact) mass is 301 g/mol. The quantitative estimate of drug-likeness (QED) is 0.761. The van der Waals surface area contributed by atoms with Gasteiger partial charge < -0.3 is 5.32 Å². The Morgan fingerprint density at radius 1 is 1.29 bits per heavy atom. The van der Waals surface area contributed by atoms with Gasteiger partial charge >= 0.3 is 0 Å². The van der Waals surface area contributed by atoms with Crippen LogP contribution in [0.25, 0.3) is 0 Å². The number of hydrogen-bond acceptors (Lipinski definition) is 1. The molecule has 0 amide bonds. The second-order valence-corrected chi connectivity index (χ2v) is 5.08. The number of hydrogen-bond donors (Lipinski definition) is 1. The largest absolute Gasteiger partial charge is 0.310 e. The van der Waals surface area contributed by atoms with E-state index in [9.17, 15) is 4.39 Å². The SMILES string of the molecule is CCCCC(NCCC)c1cccc(F)c1Br. The van der Waals surface area contributed by atoms with Gasteiger partial charge in [-0.15, -0.1) is 0 Å². The molecule has 17 heavy (non-hydrogen) atoms. The van der Waals surface area contributed by atoms with Crippen LogP contribution in [0.15, 0.2) is 22.7 Å². The van der Waals surface area contributed by atoms with Crippen LogP contribution in [-0.2, 0) is 0 Å². The highest BCUT2D eigenvalue weighted by molar-refractivity contribution is 9.10. The second kappa shape index (κ2) is 7.83. The van der Waals surface area contributed by atoms with E-state index < -0.39 is 0 Å². The number of unbranched alkanes of at least 4 members (excludes halogenated alkanes) is 1. The highest BCUT2D eigenvalue weighted by atomic mass is 79.9. The van der Waals surface area contributed by atoms with E-state index in [2.05, 4.69) is 35.1 Å². The molecule has 3 heteroatoms. The fourth-order valence-electron chi connectivity index (χ4n) is 1.88. The summed E-state index contributed by atoms with van der Waals surface area (Å²) in [6, 6.07) is 5.52. The molecule has 0 aliphatic rings. The molecule has 0 aliphatic heterocycles. The summed E-state index contributed by atoms with van der Waals surface area (Å²) in [6.07, 6.45) is 4.47. The van der Waals surface area contributed by atoms with Crippen molar-refractivity contribution in [2.75, 3.05) is 6.54 Å². The molecule has 96 valence electrons. The maximum Gasteiger partial charge on any atom is 0.137 e. The molecule has 1 N–H and O–H groups in total. The van der Waals surface area contributed by atoms with E-state index in [4.69, 9.17) is 0 Å². The Labute approximate surface area is 112 Å². The minimum absolute atomic E-state index is 0.178. The van der Waals surface area contributed by atoms with Gasteiger partial charge in [-0.2, -0.15) is 0 Å². The zero-order valence-corrected chi connectivity index (χ0v) is 12.2. The molecule has 0 spiro atoms. The van der Waals surface area contributed by atoms with Gasteiger partial charge in [0.05, 0.1) is 4.47 Å². The lowest BCUT2D eigenvalue weighted by atomic mass is 10.0. The summed E-state index contributed by atoms with van der Waals surface area (Å²) in [5, 5.41) is 3.49. The van der Waals surface area contributed by atoms with Crippen LogP contribution in [0.1, 0.15) is 51.1 Å². The molecule has 0 saturated heterocycles. The Bertz CT molecular complexity index is 333. The van der Waals surface area contributed by atoms with Crippen molar-refractivity contribution in [2.24, 2.45) is 0 Å². The lowest BCUT2D eigenvalue weighted by molar-refractivity contribution is 0.476. The van der Waals surface area contributed by atoms with E-state index in [1.54, 1.807) is 6.07 Å². The van der Waals surface area contributed by atoms with E-state index in [1.165, 1.54) is 6.07 Å². The van der Waals surface area contributed by atoms with E-state index in [1.807, 2.05) is 6.07 Å². The van der Waals surface area contributed by atoms with Crippen LogP contribution >= 0.6 is 15.9 Å². The van der Waals surface area contributed by atoms with Crippen LogP contribution in [0, 0.1) is 5.82 Å². The molecule has 0 bridgehead atoms. The van der Waals surface area contributed by atoms with Gasteiger partial charge in [0.2, 0.25) is 0 Å². The van der Waals surface area contributed by atoms with Crippen molar-refractivity contribution in [3.8, 4) is 0 Å². The third-order valence-electron chi connectivity index (χ3n) is 2.84. The molecule has 0 aromatic heterocycles. The molecule has 1 rings (SSSR count). The molecule has 1 aromatic rings. The van der Waals surface area contributed by atoms with Gasteiger partial charge in [-0.1, -0.05) is 38.8 Å². The summed E-state index contributed by atoms with van der Waals surface area (Å²) < 4.78 is 14.1. The summed E-state index contributed by atoms with van der Waals surface area (Å²) in [4.78, 5) is 0. The summed E-state index contributed by atoms with van der Waals surface area (Å²) in [6.45, 7) is 5.29. The smallest absolute Gasteiger partial charge is 0.137 e. The van der Waals surface area contributed by atoms with E-state index in [0.29, 0.717) is 4.47 Å². The molecular formula is C14H21BrFN. The number of benzene rings is 1. The van der Waals surface area contributed by atoms with Crippen molar-refractivity contribution >= 4 is 15.9 Å². The summed E-state index contributed by atoms with van der Waals surface area (Å²) in [5.41, 5.74) is 1.03. The average molecular weight is 302 g/mol. The van der Waals surface area contributed by atoms with Gasteiger partial charge in [0.15, 0.2) is 0 Å². The number of nitrogens with one attached hydrogen (secondary N) is 1. The minimum atomic E-state index is -0.178. The first kappa shape index (κ1) is 14.7. The van der Waals surface area contributed by atoms with Crippen molar-refractivity contribution in [1.29, 1.82) is 0 Å². The number of halogens is 2. The van der Waals surface area contributed by atoms with E-state index in [-0.39, 0.29) is 11.9 Å². The second-order valence-electron chi connectivity index (χ2n) is 4.29. The van der Waals surface area contributed by atoms with Gasteiger partial charge in [-0.05, 0) is 46.9 Å². The normalized spacial score (nSPS) is 12.7. The maximum atomic E-state index is 13.5. The fourth-order valence-corrected chi connectivity index (χ4v) is 2.42. The van der Waals surface area contributed by atoms with Gasteiger partial charge in [0.25, 0.3) is 0 Å². The predicted octanol–water partition coefficient (Wildman–Crippen LogP) is 4.82. The molecular weight excluding hydrogens is 281 g/mol. The minimum Gasteiger partial charge on any atom is -0.310 e. The Morgan fingerprint density at radius 2 is 2.06 bits per heavy atom. The lowest BCUT2D eigenvalue weighted by Crippen LogP contribution is -2.22. The Morgan fingerprint density at radius 3 is 2.71 bits per heavy atom. The molecule has 1 nitrogen and oxygen atoms in total. The average Bonchev–Trinajstić information content (AvgIpc) is 2.34. The van der Waals surface area contributed by atoms with Gasteiger partial charge in [0, 0.05) is 6.04 Å². The van der Waals surface area contributed by atoms with Crippen LogP contribution in [0.2, 0.25) is 0 Å². The van der Waals surface area contributed by atoms with Crippen molar-refractivity contribution in [2.45, 2.75) is 45.6 Å². The zero-order valence-electron chi connectivity index (χ0n) is 10.6. The molecule has 1 atom stereocenters. The topological polar surface area (TPSA) is 12.0 Å². The van der Waals surface area contributed by atoms with Crippen LogP contribution < -0.4 is 5.32 Å². The number of rotatable bonds is 7. The van der Waals surface area contributed by atoms with E-state index >= 15 is 0 Å². The van der Waals surface area contributed by atoms with Crippen molar-refractivity contribution < 1.29 is 4.39 Å². The van der Waals surface area contributed by atoms with Crippen molar-refractivity contribution in [3.63, 3.8) is 0 Å². The molecule has 0 fully saturated rings. The first-order valence-electron chi connectivity index (χ1n) is 6.38. The van der Waals surface area contributed by atoms with Crippen LogP contribution in [-0.4, -0.2) is 6.54 Å². The molecule has 0 aliphatic carbocycles. The fraction of sp³-hybridized carbons (Fsp3) is 0.571. The molecule has 0 saturated carbocycles. The third-order valence-corrected chi connectivity index (χ3v) is 3.68. The van der Waals surface area contributed by atoms with Crippen LogP contribution in [0.3, 0.4) is 0 Å². The maximum absolute atomic E-state index is 13.5. The summed E-state index contributed by atoms with van der Waals surface area (Å²) >= 11 is 3.35. The first-order chi connectivity index (χ1) is 8.20. The van der Waals surface area contributed by atoms with Crippen LogP contribution in [0.4, 0.5) is 4.39 Å². The first-order valence-corrected chi connectivity index (χ1v) is 7.17. The van der Waals surface area contributed by atoms with Gasteiger partial charge in [-0.25, -0.2) is 4.39 Å². The van der Waals surface area contributed by atoms with Crippen molar-refractivity contribution in [3.05, 3.63) is 34.1 Å². The summed E-state index contributed by atoms with van der Waals surface area (Å²) in [5.74, 6) is -0.178. The molecule has 1 aromatic carbocycles.